The fourth-order valence-electron chi connectivity index (χ4n) is 7.62. The average molecular weight is 839 g/mol. The number of unbranched alkanes of at least 4 members (excludes halogenated alkanes) is 20. The van der Waals surface area contributed by atoms with Crippen molar-refractivity contribution in [3.8, 4) is 0 Å². The van der Waals surface area contributed by atoms with E-state index >= 15 is 0 Å². The van der Waals surface area contributed by atoms with E-state index in [0.29, 0.717) is 32.0 Å². The minimum absolute atomic E-state index is 0.0238. The Morgan fingerprint density at radius 3 is 1.50 bits per heavy atom. The van der Waals surface area contributed by atoms with Crippen LogP contribution in [0.15, 0.2) is 0 Å². The number of hydrogen-bond acceptors (Lipinski definition) is 7. The summed E-state index contributed by atoms with van der Waals surface area (Å²) in [6.07, 6.45) is 36.1. The number of nitrogens with zero attached hydrogens (tertiary/aromatic N) is 2. The third kappa shape index (κ3) is 38.9. The molecule has 0 saturated heterocycles. The van der Waals surface area contributed by atoms with Gasteiger partial charge >= 0.3 is 11.9 Å². The minimum atomic E-state index is -0.0499. The second kappa shape index (κ2) is 41.1. The molecule has 0 aliphatic carbocycles. The Hall–Kier alpha value is -1.28. The number of carbonyl (C=O) groups excluding carboxylic acids is 3. The Morgan fingerprint density at radius 1 is 0.517 bits per heavy atom. The molecule has 0 saturated carbocycles. The Balaban J connectivity index is 4.55. The molecule has 0 aliphatic heterocycles. The van der Waals surface area contributed by atoms with Crippen LogP contribution in [0.3, 0.4) is 0 Å². The average Bonchev–Trinajstić information content (AvgIpc) is 3.19. The molecule has 0 aliphatic rings. The topological polar surface area (TPSA) is 76.1 Å². The number of hydrogen-bond donors (Lipinski definition) is 0. The van der Waals surface area contributed by atoms with Crippen molar-refractivity contribution in [2.75, 3.05) is 52.7 Å². The van der Waals surface area contributed by atoms with E-state index in [1.165, 1.54) is 121 Å². The van der Waals surface area contributed by atoms with Gasteiger partial charge < -0.3 is 19.3 Å². The Morgan fingerprint density at radius 2 is 0.966 bits per heavy atom. The fraction of sp³-hybridized carbons (Fsp3) is 0.940. The summed E-state index contributed by atoms with van der Waals surface area (Å²) in [5.41, 5.74) is 0.103. The van der Waals surface area contributed by atoms with Crippen molar-refractivity contribution in [1.82, 2.24) is 9.80 Å². The Bertz CT molecular complexity index is 931. The Labute approximate surface area is 365 Å². The lowest BCUT2D eigenvalue weighted by Crippen LogP contribution is -2.30. The SMILES string of the molecule is CCCCCCCCCC(=O)OCCC(C)(C)CCCCN(CCCCCCCC(=O)OCC(CCCCCCC)CCCCCCC)C(=O)SCCCCN(C)C. The van der Waals surface area contributed by atoms with Crippen LogP contribution < -0.4 is 0 Å². The maximum Gasteiger partial charge on any atom is 0.305 e. The van der Waals surface area contributed by atoms with Crippen molar-refractivity contribution in [2.24, 2.45) is 11.3 Å². The molecule has 0 N–H and O–H groups in total. The van der Waals surface area contributed by atoms with E-state index in [4.69, 9.17) is 9.47 Å². The van der Waals surface area contributed by atoms with E-state index in [2.05, 4.69) is 58.5 Å². The van der Waals surface area contributed by atoms with Gasteiger partial charge in [0.2, 0.25) is 0 Å². The molecule has 0 atom stereocenters. The van der Waals surface area contributed by atoms with Gasteiger partial charge in [-0.1, -0.05) is 175 Å². The summed E-state index contributed by atoms with van der Waals surface area (Å²) in [5.74, 6) is 1.32. The molecule has 58 heavy (non-hydrogen) atoms. The van der Waals surface area contributed by atoms with Crippen molar-refractivity contribution in [3.63, 3.8) is 0 Å². The largest absolute Gasteiger partial charge is 0.466 e. The number of amides is 1. The maximum atomic E-state index is 13.3. The van der Waals surface area contributed by atoms with E-state index in [-0.39, 0.29) is 22.6 Å². The van der Waals surface area contributed by atoms with Gasteiger partial charge in [-0.25, -0.2) is 0 Å². The normalized spacial score (nSPS) is 11.8. The molecule has 0 aromatic carbocycles. The number of esters is 2. The van der Waals surface area contributed by atoms with Crippen LogP contribution in [0.1, 0.15) is 240 Å². The van der Waals surface area contributed by atoms with Crippen LogP contribution in [0, 0.1) is 11.3 Å². The molecule has 1 amide bonds. The van der Waals surface area contributed by atoms with Crippen molar-refractivity contribution in [2.45, 2.75) is 240 Å². The fourth-order valence-corrected chi connectivity index (χ4v) is 8.50. The second-order valence-electron chi connectivity index (χ2n) is 18.5. The molecule has 7 nitrogen and oxygen atoms in total. The van der Waals surface area contributed by atoms with E-state index in [9.17, 15) is 14.4 Å². The molecule has 0 rings (SSSR count). The molecule has 0 radical (unpaired) electrons. The molecular formula is C50H98N2O5S. The monoisotopic (exact) mass is 839 g/mol. The van der Waals surface area contributed by atoms with Gasteiger partial charge in [-0.2, -0.15) is 0 Å². The predicted octanol–water partition coefficient (Wildman–Crippen LogP) is 15.0. The molecular weight excluding hydrogens is 741 g/mol. The molecule has 0 unspecified atom stereocenters. The number of thioether (sulfide) groups is 1. The van der Waals surface area contributed by atoms with Crippen LogP contribution in [0.25, 0.3) is 0 Å². The summed E-state index contributed by atoms with van der Waals surface area (Å²) in [7, 11) is 4.20. The molecule has 0 heterocycles. The van der Waals surface area contributed by atoms with Gasteiger partial charge in [-0.3, -0.25) is 14.4 Å². The summed E-state index contributed by atoms with van der Waals surface area (Å²) < 4.78 is 11.4. The Kier molecular flexibility index (Phi) is 40.2. The first kappa shape index (κ1) is 56.7. The van der Waals surface area contributed by atoms with Crippen molar-refractivity contribution < 1.29 is 23.9 Å². The summed E-state index contributed by atoms with van der Waals surface area (Å²) in [4.78, 5) is 42.5. The summed E-state index contributed by atoms with van der Waals surface area (Å²) >= 11 is 1.49. The van der Waals surface area contributed by atoms with Gasteiger partial charge in [0, 0.05) is 31.7 Å². The molecule has 8 heteroatoms. The van der Waals surface area contributed by atoms with Crippen molar-refractivity contribution in [1.29, 1.82) is 0 Å². The van der Waals surface area contributed by atoms with Crippen LogP contribution in [-0.4, -0.2) is 79.7 Å². The lowest BCUT2D eigenvalue weighted by Gasteiger charge is -2.26. The van der Waals surface area contributed by atoms with Gasteiger partial charge in [0.05, 0.1) is 13.2 Å². The van der Waals surface area contributed by atoms with Crippen LogP contribution in [-0.2, 0) is 19.1 Å². The molecule has 0 bridgehead atoms. The third-order valence-corrected chi connectivity index (χ3v) is 12.8. The van der Waals surface area contributed by atoms with Gasteiger partial charge in [0.1, 0.15) is 0 Å². The van der Waals surface area contributed by atoms with E-state index in [1.807, 2.05) is 0 Å². The highest BCUT2D eigenvalue weighted by atomic mass is 32.2. The summed E-state index contributed by atoms with van der Waals surface area (Å²) in [6, 6.07) is 0. The third-order valence-electron chi connectivity index (χ3n) is 11.8. The highest BCUT2D eigenvalue weighted by Gasteiger charge is 2.20. The van der Waals surface area contributed by atoms with E-state index in [0.717, 1.165) is 109 Å². The molecule has 0 fully saturated rings. The zero-order valence-corrected chi connectivity index (χ0v) is 40.6. The standard InChI is InChI=1S/C50H98N2O5S/c1-8-11-14-17-18-22-27-36-47(53)56-43-39-50(4,5)38-29-31-42-52(49(55)58-44-33-32-40-51(6)7)41-30-24-19-23-28-37-48(54)57-45-46(34-25-20-15-12-9-2)35-26-21-16-13-10-3/h46H,8-45H2,1-7H3. The second-order valence-corrected chi connectivity index (χ2v) is 19.6. The van der Waals surface area contributed by atoms with Crippen molar-refractivity contribution >= 4 is 28.9 Å². The van der Waals surface area contributed by atoms with Gasteiger partial charge in [0.15, 0.2) is 0 Å². The zero-order chi connectivity index (χ0) is 43.0. The quantitative estimate of drug-likeness (QED) is 0.0447. The lowest BCUT2D eigenvalue weighted by atomic mass is 9.84. The predicted molar refractivity (Wildman–Crippen MR) is 252 cm³/mol. The van der Waals surface area contributed by atoms with Crippen LogP contribution in [0.5, 0.6) is 0 Å². The number of ether oxygens (including phenoxy) is 2. The summed E-state index contributed by atoms with van der Waals surface area (Å²) in [6.45, 7) is 15.1. The number of carbonyl (C=O) groups is 3. The van der Waals surface area contributed by atoms with E-state index in [1.54, 1.807) is 0 Å². The maximum absolute atomic E-state index is 13.3. The first-order chi connectivity index (χ1) is 28.0. The number of rotatable bonds is 43. The highest BCUT2D eigenvalue weighted by molar-refractivity contribution is 8.13. The highest BCUT2D eigenvalue weighted by Crippen LogP contribution is 2.28. The van der Waals surface area contributed by atoms with Crippen LogP contribution in [0.4, 0.5) is 4.79 Å². The van der Waals surface area contributed by atoms with Crippen LogP contribution in [0.2, 0.25) is 0 Å². The first-order valence-corrected chi connectivity index (χ1v) is 25.9. The first-order valence-electron chi connectivity index (χ1n) is 24.9. The molecule has 0 spiro atoms. The zero-order valence-electron chi connectivity index (χ0n) is 39.8. The van der Waals surface area contributed by atoms with E-state index < -0.39 is 0 Å². The lowest BCUT2D eigenvalue weighted by molar-refractivity contribution is -0.146. The smallest absolute Gasteiger partial charge is 0.305 e. The molecule has 0 aromatic heterocycles. The van der Waals surface area contributed by atoms with Crippen molar-refractivity contribution in [3.05, 3.63) is 0 Å². The summed E-state index contributed by atoms with van der Waals surface area (Å²) in [5, 5.41) is 0.222. The van der Waals surface area contributed by atoms with Gasteiger partial charge in [-0.15, -0.1) is 0 Å². The van der Waals surface area contributed by atoms with Gasteiger partial charge in [0.25, 0.3) is 5.24 Å². The molecule has 0 aromatic rings. The van der Waals surface area contributed by atoms with Gasteiger partial charge in [-0.05, 0) is 96.2 Å². The minimum Gasteiger partial charge on any atom is -0.466 e. The van der Waals surface area contributed by atoms with Crippen LogP contribution >= 0.6 is 11.8 Å². The molecule has 344 valence electrons.